The van der Waals surface area contributed by atoms with Gasteiger partial charge in [0.25, 0.3) is 0 Å². The molecule has 0 atom stereocenters. The van der Waals surface area contributed by atoms with E-state index in [2.05, 4.69) is 29.3 Å². The number of likely N-dealkylation sites (N-methyl/N-ethyl adjacent to an activating group) is 1. The van der Waals surface area contributed by atoms with Crippen molar-refractivity contribution in [2.45, 2.75) is 19.8 Å². The molecule has 1 N–H and O–H groups in total. The SMILES string of the molecule is CCN1CCN(C(=O)CCNCCc2ccc(OC)cc2)CC1. The van der Waals surface area contributed by atoms with Crippen molar-refractivity contribution in [2.75, 3.05) is 52.9 Å². The van der Waals surface area contributed by atoms with Crippen LogP contribution in [-0.2, 0) is 11.2 Å². The van der Waals surface area contributed by atoms with Gasteiger partial charge in [-0.1, -0.05) is 19.1 Å². The van der Waals surface area contributed by atoms with E-state index < -0.39 is 0 Å². The maximum absolute atomic E-state index is 12.2. The van der Waals surface area contributed by atoms with Crippen LogP contribution in [0, 0.1) is 0 Å². The zero-order chi connectivity index (χ0) is 16.5. The third kappa shape index (κ3) is 5.84. The predicted octanol–water partition coefficient (Wildman–Crippen LogP) is 1.38. The maximum atomic E-state index is 12.2. The average molecular weight is 319 g/mol. The van der Waals surface area contributed by atoms with E-state index in [0.29, 0.717) is 6.42 Å². The lowest BCUT2D eigenvalue weighted by atomic mass is 10.1. The van der Waals surface area contributed by atoms with Crippen LogP contribution in [0.2, 0.25) is 0 Å². The molecule has 23 heavy (non-hydrogen) atoms. The number of piperazine rings is 1. The van der Waals surface area contributed by atoms with Gasteiger partial charge in [0.05, 0.1) is 7.11 Å². The summed E-state index contributed by atoms with van der Waals surface area (Å²) < 4.78 is 5.15. The monoisotopic (exact) mass is 319 g/mol. The summed E-state index contributed by atoms with van der Waals surface area (Å²) in [6, 6.07) is 8.13. The largest absolute Gasteiger partial charge is 0.497 e. The second kappa shape index (κ2) is 9.53. The minimum atomic E-state index is 0.276. The quantitative estimate of drug-likeness (QED) is 0.735. The lowest BCUT2D eigenvalue weighted by molar-refractivity contribution is -0.132. The predicted molar refractivity (Wildman–Crippen MR) is 92.9 cm³/mol. The molecule has 5 nitrogen and oxygen atoms in total. The number of ether oxygens (including phenoxy) is 1. The third-order valence-corrected chi connectivity index (χ3v) is 4.44. The van der Waals surface area contributed by atoms with Gasteiger partial charge < -0.3 is 19.9 Å². The Morgan fingerprint density at radius 1 is 1.13 bits per heavy atom. The van der Waals surface area contributed by atoms with Crippen LogP contribution >= 0.6 is 0 Å². The highest BCUT2D eigenvalue weighted by Crippen LogP contribution is 2.11. The van der Waals surface area contributed by atoms with Crippen molar-refractivity contribution in [3.05, 3.63) is 29.8 Å². The molecule has 1 aliphatic rings. The number of hydrogen-bond acceptors (Lipinski definition) is 4. The summed E-state index contributed by atoms with van der Waals surface area (Å²) in [6.07, 6.45) is 1.56. The van der Waals surface area contributed by atoms with Gasteiger partial charge in [-0.05, 0) is 37.2 Å². The number of methoxy groups -OCH3 is 1. The van der Waals surface area contributed by atoms with Gasteiger partial charge >= 0.3 is 0 Å². The van der Waals surface area contributed by atoms with Gasteiger partial charge in [0.15, 0.2) is 0 Å². The number of carbonyl (C=O) groups excluding carboxylic acids is 1. The summed E-state index contributed by atoms with van der Waals surface area (Å²) in [7, 11) is 1.68. The van der Waals surface area contributed by atoms with Crippen LogP contribution in [0.5, 0.6) is 5.75 Å². The molecule has 0 radical (unpaired) electrons. The van der Waals surface area contributed by atoms with Gasteiger partial charge in [-0.2, -0.15) is 0 Å². The van der Waals surface area contributed by atoms with Gasteiger partial charge in [0.2, 0.25) is 5.91 Å². The summed E-state index contributed by atoms with van der Waals surface area (Å²) in [4.78, 5) is 16.5. The van der Waals surface area contributed by atoms with E-state index in [-0.39, 0.29) is 5.91 Å². The molecule has 0 spiro atoms. The fourth-order valence-electron chi connectivity index (χ4n) is 2.82. The van der Waals surface area contributed by atoms with Gasteiger partial charge in [-0.3, -0.25) is 4.79 Å². The molecule has 128 valence electrons. The van der Waals surface area contributed by atoms with Crippen molar-refractivity contribution < 1.29 is 9.53 Å². The van der Waals surface area contributed by atoms with E-state index in [4.69, 9.17) is 4.74 Å². The maximum Gasteiger partial charge on any atom is 0.223 e. The number of amides is 1. The second-order valence-electron chi connectivity index (χ2n) is 5.91. The van der Waals surface area contributed by atoms with Crippen LogP contribution in [0.1, 0.15) is 18.9 Å². The molecule has 1 saturated heterocycles. The van der Waals surface area contributed by atoms with E-state index >= 15 is 0 Å². The number of hydrogen-bond donors (Lipinski definition) is 1. The highest BCUT2D eigenvalue weighted by molar-refractivity contribution is 5.76. The first-order valence-corrected chi connectivity index (χ1v) is 8.56. The fraction of sp³-hybridized carbons (Fsp3) is 0.611. The minimum absolute atomic E-state index is 0.276. The minimum Gasteiger partial charge on any atom is -0.497 e. The topological polar surface area (TPSA) is 44.8 Å². The number of rotatable bonds is 8. The average Bonchev–Trinajstić information content (AvgIpc) is 2.62. The highest BCUT2D eigenvalue weighted by Gasteiger charge is 2.19. The van der Waals surface area contributed by atoms with E-state index in [0.717, 1.165) is 58.0 Å². The molecule has 0 aliphatic carbocycles. The van der Waals surface area contributed by atoms with Crippen LogP contribution in [0.25, 0.3) is 0 Å². The van der Waals surface area contributed by atoms with Gasteiger partial charge in [0, 0.05) is 39.1 Å². The zero-order valence-electron chi connectivity index (χ0n) is 14.4. The van der Waals surface area contributed by atoms with E-state index in [1.807, 2.05) is 17.0 Å². The molecular weight excluding hydrogens is 290 g/mol. The molecular formula is C18H29N3O2. The molecule has 0 aromatic heterocycles. The summed E-state index contributed by atoms with van der Waals surface area (Å²) in [5.74, 6) is 1.16. The molecule has 1 heterocycles. The van der Waals surface area contributed by atoms with Crippen LogP contribution in [0.4, 0.5) is 0 Å². The highest BCUT2D eigenvalue weighted by atomic mass is 16.5. The molecule has 1 aliphatic heterocycles. The Hall–Kier alpha value is -1.59. The van der Waals surface area contributed by atoms with E-state index in [1.165, 1.54) is 5.56 Å². The number of nitrogens with one attached hydrogen (secondary N) is 1. The molecule has 2 rings (SSSR count). The van der Waals surface area contributed by atoms with Crippen LogP contribution in [-0.4, -0.2) is 68.6 Å². The number of nitrogens with zero attached hydrogens (tertiary/aromatic N) is 2. The Kier molecular flexibility index (Phi) is 7.36. The summed E-state index contributed by atoms with van der Waals surface area (Å²) in [5, 5.41) is 3.36. The first kappa shape index (κ1) is 17.8. The summed E-state index contributed by atoms with van der Waals surface area (Å²) >= 11 is 0. The van der Waals surface area contributed by atoms with Crippen LogP contribution in [0.15, 0.2) is 24.3 Å². The third-order valence-electron chi connectivity index (χ3n) is 4.44. The number of benzene rings is 1. The molecule has 1 amide bonds. The van der Waals surface area contributed by atoms with Crippen molar-refractivity contribution in [2.24, 2.45) is 0 Å². The molecule has 0 unspecified atom stereocenters. The Balaban J connectivity index is 1.57. The summed E-state index contributed by atoms with van der Waals surface area (Å²) in [6.45, 7) is 8.66. The number of carbonyl (C=O) groups is 1. The first-order chi connectivity index (χ1) is 11.2. The standard InChI is InChI=1S/C18H29N3O2/c1-3-20-12-14-21(15-13-20)18(22)9-11-19-10-8-16-4-6-17(23-2)7-5-16/h4-7,19H,3,8-15H2,1-2H3. The second-order valence-corrected chi connectivity index (χ2v) is 5.91. The van der Waals surface area contributed by atoms with Crippen molar-refractivity contribution in [1.29, 1.82) is 0 Å². The van der Waals surface area contributed by atoms with Gasteiger partial charge in [-0.25, -0.2) is 0 Å². The molecule has 1 aromatic rings. The van der Waals surface area contributed by atoms with Crippen LogP contribution in [0.3, 0.4) is 0 Å². The molecule has 1 aromatic carbocycles. The summed E-state index contributed by atoms with van der Waals surface area (Å²) in [5.41, 5.74) is 1.28. The van der Waals surface area contributed by atoms with Crippen LogP contribution < -0.4 is 10.1 Å². The Labute approximate surface area is 139 Å². The Bertz CT molecular complexity index is 468. The van der Waals surface area contributed by atoms with E-state index in [9.17, 15) is 4.79 Å². The van der Waals surface area contributed by atoms with Crippen molar-refractivity contribution >= 4 is 5.91 Å². The van der Waals surface area contributed by atoms with Crippen molar-refractivity contribution in [3.63, 3.8) is 0 Å². The lowest BCUT2D eigenvalue weighted by Gasteiger charge is -2.34. The lowest BCUT2D eigenvalue weighted by Crippen LogP contribution is -2.48. The van der Waals surface area contributed by atoms with Crippen molar-refractivity contribution in [1.82, 2.24) is 15.1 Å². The fourth-order valence-corrected chi connectivity index (χ4v) is 2.82. The molecule has 0 bridgehead atoms. The van der Waals surface area contributed by atoms with Gasteiger partial charge in [-0.15, -0.1) is 0 Å². The van der Waals surface area contributed by atoms with Gasteiger partial charge in [0.1, 0.15) is 5.75 Å². The Morgan fingerprint density at radius 3 is 2.43 bits per heavy atom. The molecule has 1 fully saturated rings. The first-order valence-electron chi connectivity index (χ1n) is 8.56. The smallest absolute Gasteiger partial charge is 0.223 e. The van der Waals surface area contributed by atoms with E-state index in [1.54, 1.807) is 7.11 Å². The molecule has 5 heteroatoms. The Morgan fingerprint density at radius 2 is 1.83 bits per heavy atom. The molecule has 0 saturated carbocycles. The zero-order valence-corrected chi connectivity index (χ0v) is 14.4. The normalized spacial score (nSPS) is 15.7. The van der Waals surface area contributed by atoms with Crippen molar-refractivity contribution in [3.8, 4) is 5.75 Å².